The first-order valence-corrected chi connectivity index (χ1v) is 7.16. The van der Waals surface area contributed by atoms with Crippen molar-refractivity contribution in [1.82, 2.24) is 0 Å². The SMILES string of the molecule is COC(OC1([SiH2]C)CCC1)=C(C)C. The molecule has 76 valence electrons. The molecule has 0 spiro atoms. The largest absolute Gasteiger partial charge is 0.469 e. The Bertz CT molecular complexity index is 197. The molecule has 3 heteroatoms. The molecule has 0 radical (unpaired) electrons. The Kier molecular flexibility index (Phi) is 3.42. The Morgan fingerprint density at radius 1 is 1.31 bits per heavy atom. The zero-order valence-electron chi connectivity index (χ0n) is 9.14. The molecule has 0 atom stereocenters. The van der Waals surface area contributed by atoms with Crippen molar-refractivity contribution in [1.29, 1.82) is 0 Å². The molecule has 0 aromatic carbocycles. The maximum atomic E-state index is 5.95. The van der Waals surface area contributed by atoms with E-state index in [0.29, 0.717) is 0 Å². The van der Waals surface area contributed by atoms with Crippen LogP contribution in [0.15, 0.2) is 11.5 Å². The minimum atomic E-state index is -0.102. The summed E-state index contributed by atoms with van der Waals surface area (Å²) in [6, 6.07) is 0. The smallest absolute Gasteiger partial charge is 0.277 e. The van der Waals surface area contributed by atoms with E-state index in [0.717, 1.165) is 11.5 Å². The van der Waals surface area contributed by atoms with E-state index in [4.69, 9.17) is 9.47 Å². The number of hydrogen-bond donors (Lipinski definition) is 0. The molecule has 0 aromatic heterocycles. The van der Waals surface area contributed by atoms with Crippen molar-refractivity contribution in [3.63, 3.8) is 0 Å². The van der Waals surface area contributed by atoms with Gasteiger partial charge in [-0.05, 0) is 33.1 Å². The van der Waals surface area contributed by atoms with Crippen LogP contribution >= 0.6 is 0 Å². The predicted octanol–water partition coefficient (Wildman–Crippen LogP) is 2.00. The summed E-state index contributed by atoms with van der Waals surface area (Å²) >= 11 is 0. The maximum absolute atomic E-state index is 5.95. The van der Waals surface area contributed by atoms with Crippen LogP contribution in [-0.2, 0) is 9.47 Å². The van der Waals surface area contributed by atoms with Crippen LogP contribution in [-0.4, -0.2) is 21.9 Å². The summed E-state index contributed by atoms with van der Waals surface area (Å²) in [5.74, 6) is 0.744. The summed E-state index contributed by atoms with van der Waals surface area (Å²) in [4.78, 5) is 0. The number of allylic oxidation sites excluding steroid dienone is 1. The first-order valence-electron chi connectivity index (χ1n) is 5.04. The van der Waals surface area contributed by atoms with Crippen molar-refractivity contribution in [2.75, 3.05) is 7.11 Å². The van der Waals surface area contributed by atoms with Gasteiger partial charge in [0.15, 0.2) is 0 Å². The summed E-state index contributed by atoms with van der Waals surface area (Å²) < 4.78 is 11.2. The molecule has 1 fully saturated rings. The third kappa shape index (κ3) is 2.27. The minimum Gasteiger partial charge on any atom is -0.469 e. The third-order valence-corrected chi connectivity index (χ3v) is 4.95. The molecular weight excluding hydrogens is 180 g/mol. The van der Waals surface area contributed by atoms with Gasteiger partial charge in [0.25, 0.3) is 5.95 Å². The molecular formula is C10H20O2Si. The summed E-state index contributed by atoms with van der Waals surface area (Å²) in [5.41, 5.74) is 1.14. The van der Waals surface area contributed by atoms with Crippen LogP contribution in [0.1, 0.15) is 33.1 Å². The summed E-state index contributed by atoms with van der Waals surface area (Å²) in [6.07, 6.45) is 3.78. The topological polar surface area (TPSA) is 18.5 Å². The van der Waals surface area contributed by atoms with Gasteiger partial charge < -0.3 is 9.47 Å². The van der Waals surface area contributed by atoms with Crippen LogP contribution < -0.4 is 0 Å². The van der Waals surface area contributed by atoms with Crippen molar-refractivity contribution >= 4 is 9.52 Å². The lowest BCUT2D eigenvalue weighted by Crippen LogP contribution is -2.44. The Balaban J connectivity index is 2.60. The summed E-state index contributed by atoms with van der Waals surface area (Å²) in [7, 11) is 1.58. The van der Waals surface area contributed by atoms with E-state index in [-0.39, 0.29) is 14.7 Å². The average molecular weight is 200 g/mol. The van der Waals surface area contributed by atoms with Gasteiger partial charge in [0, 0.05) is 5.57 Å². The zero-order valence-corrected chi connectivity index (χ0v) is 10.6. The fraction of sp³-hybridized carbons (Fsp3) is 0.800. The van der Waals surface area contributed by atoms with Gasteiger partial charge in [0.05, 0.1) is 21.9 Å². The molecule has 0 heterocycles. The normalized spacial score (nSPS) is 19.7. The van der Waals surface area contributed by atoms with Crippen molar-refractivity contribution in [2.45, 2.75) is 44.9 Å². The Morgan fingerprint density at radius 2 is 1.92 bits per heavy atom. The second kappa shape index (κ2) is 4.18. The van der Waals surface area contributed by atoms with E-state index in [1.165, 1.54) is 19.3 Å². The fourth-order valence-electron chi connectivity index (χ4n) is 1.64. The van der Waals surface area contributed by atoms with Crippen LogP contribution in [0, 0.1) is 0 Å². The zero-order chi connectivity index (χ0) is 9.90. The van der Waals surface area contributed by atoms with Crippen LogP contribution in [0.25, 0.3) is 0 Å². The highest BCUT2D eigenvalue weighted by Gasteiger charge is 2.38. The average Bonchev–Trinajstić information content (AvgIpc) is 2.03. The number of ether oxygens (including phenoxy) is 2. The minimum absolute atomic E-state index is 0.102. The quantitative estimate of drug-likeness (QED) is 0.510. The van der Waals surface area contributed by atoms with Crippen LogP contribution in [0.3, 0.4) is 0 Å². The second-order valence-electron chi connectivity index (χ2n) is 3.98. The maximum Gasteiger partial charge on any atom is 0.277 e. The highest BCUT2D eigenvalue weighted by atomic mass is 28.2. The Hall–Kier alpha value is -0.443. The molecule has 0 saturated heterocycles. The molecule has 13 heavy (non-hydrogen) atoms. The molecule has 1 saturated carbocycles. The van der Waals surface area contributed by atoms with E-state index in [1.807, 2.05) is 13.8 Å². The molecule has 2 nitrogen and oxygen atoms in total. The van der Waals surface area contributed by atoms with Gasteiger partial charge in [-0.1, -0.05) is 6.55 Å². The van der Waals surface area contributed by atoms with Crippen LogP contribution in [0.2, 0.25) is 6.55 Å². The van der Waals surface area contributed by atoms with Crippen molar-refractivity contribution < 1.29 is 9.47 Å². The standard InChI is InChI=1S/C10H20O2Si/c1-8(2)9(11-3)12-10(13-4)6-5-7-10/h5-7,13H2,1-4H3. The fourth-order valence-corrected chi connectivity index (χ4v) is 3.13. The predicted molar refractivity (Wildman–Crippen MR) is 57.5 cm³/mol. The summed E-state index contributed by atoms with van der Waals surface area (Å²) in [5, 5.41) is 0.225. The first-order chi connectivity index (χ1) is 6.13. The van der Waals surface area contributed by atoms with Gasteiger partial charge in [0.2, 0.25) is 0 Å². The summed E-state index contributed by atoms with van der Waals surface area (Å²) in [6.45, 7) is 6.38. The number of hydrogen-bond acceptors (Lipinski definition) is 2. The third-order valence-electron chi connectivity index (χ3n) is 2.81. The van der Waals surface area contributed by atoms with Crippen molar-refractivity contribution in [2.24, 2.45) is 0 Å². The van der Waals surface area contributed by atoms with E-state index in [1.54, 1.807) is 7.11 Å². The van der Waals surface area contributed by atoms with Gasteiger partial charge in [-0.2, -0.15) is 0 Å². The molecule has 1 rings (SSSR count). The molecule has 0 unspecified atom stereocenters. The molecule has 0 aliphatic heterocycles. The number of methoxy groups -OCH3 is 1. The monoisotopic (exact) mass is 200 g/mol. The molecule has 1 aliphatic carbocycles. The van der Waals surface area contributed by atoms with E-state index < -0.39 is 0 Å². The molecule has 1 aliphatic rings. The van der Waals surface area contributed by atoms with E-state index >= 15 is 0 Å². The van der Waals surface area contributed by atoms with Crippen molar-refractivity contribution in [3.8, 4) is 0 Å². The van der Waals surface area contributed by atoms with Gasteiger partial charge >= 0.3 is 0 Å². The lowest BCUT2D eigenvalue weighted by atomic mass is 9.95. The molecule has 0 aromatic rings. The van der Waals surface area contributed by atoms with E-state index in [9.17, 15) is 0 Å². The lowest BCUT2D eigenvalue weighted by molar-refractivity contribution is -0.0580. The highest BCUT2D eigenvalue weighted by molar-refractivity contribution is 6.38. The van der Waals surface area contributed by atoms with E-state index in [2.05, 4.69) is 6.55 Å². The molecule has 0 N–H and O–H groups in total. The Morgan fingerprint density at radius 3 is 2.15 bits per heavy atom. The van der Waals surface area contributed by atoms with Crippen LogP contribution in [0.4, 0.5) is 0 Å². The van der Waals surface area contributed by atoms with Gasteiger partial charge in [0.1, 0.15) is 0 Å². The lowest BCUT2D eigenvalue weighted by Gasteiger charge is -2.41. The van der Waals surface area contributed by atoms with Gasteiger partial charge in [-0.3, -0.25) is 0 Å². The first kappa shape index (κ1) is 10.6. The highest BCUT2D eigenvalue weighted by Crippen LogP contribution is 2.36. The molecule has 0 bridgehead atoms. The molecule has 0 amide bonds. The van der Waals surface area contributed by atoms with Gasteiger partial charge in [-0.25, -0.2) is 0 Å². The van der Waals surface area contributed by atoms with Crippen LogP contribution in [0.5, 0.6) is 0 Å². The van der Waals surface area contributed by atoms with Gasteiger partial charge in [-0.15, -0.1) is 0 Å². The number of rotatable bonds is 4. The Labute approximate surface area is 83.1 Å². The van der Waals surface area contributed by atoms with Crippen molar-refractivity contribution in [3.05, 3.63) is 11.5 Å². The second-order valence-corrected chi connectivity index (χ2v) is 5.98.